The summed E-state index contributed by atoms with van der Waals surface area (Å²) in [5.74, 6) is 0. The van der Waals surface area contributed by atoms with E-state index in [4.69, 9.17) is 0 Å². The van der Waals surface area contributed by atoms with Crippen LogP contribution < -0.4 is 26.4 Å². The molecule has 26 heteroatoms. The highest BCUT2D eigenvalue weighted by Crippen LogP contribution is 2.41. The van der Waals surface area contributed by atoms with Crippen LogP contribution in [0.25, 0.3) is 10.9 Å². The predicted octanol–water partition coefficient (Wildman–Crippen LogP) is 14.7. The number of aromatic nitrogens is 1. The van der Waals surface area contributed by atoms with Crippen molar-refractivity contribution < 1.29 is 110 Å². The standard InChI is InChI=1S/C32H12BF24.C17H16N/c34-25(35,36)13-1-14(26(37,38)39)6-21(5-13)33(22-7-15(27(40,41)42)2-16(8-22)28(43,44)45,23-9-17(29(46,47)48)3-18(10-23)30(49,50)51)24-11-19(31(52,53)54)4-20(12-24)32(55,56)57;1-14-11-12-16-9-5-6-10-17(16)18(14)13-15-7-3-2-4-8-15/h1-12H;2-12H,13H2,1H3/q-1;+1. The van der Waals surface area contributed by atoms with Crippen LogP contribution in [-0.4, -0.2) is 6.15 Å². The topological polar surface area (TPSA) is 3.88 Å². The number of pyridine rings is 1. The minimum Gasteiger partial charge on any atom is -0.194 e. The molecular formula is C49H28BF24N. The van der Waals surface area contributed by atoms with Crippen LogP contribution in [0, 0.1) is 6.92 Å². The summed E-state index contributed by atoms with van der Waals surface area (Å²) < 4.78 is 343. The molecule has 1 heterocycles. The first kappa shape index (κ1) is 57.4. The molecule has 0 saturated carbocycles. The van der Waals surface area contributed by atoms with E-state index in [1.54, 1.807) is 0 Å². The van der Waals surface area contributed by atoms with Crippen molar-refractivity contribution in [1.82, 2.24) is 0 Å². The second-order valence-electron chi connectivity index (χ2n) is 16.8. The number of halogens is 24. The Labute approximate surface area is 406 Å². The number of aryl methyl sites for hydroxylation is 1. The van der Waals surface area contributed by atoms with Gasteiger partial charge in [0.25, 0.3) is 0 Å². The number of hydrogen-bond donors (Lipinski definition) is 0. The largest absolute Gasteiger partial charge is 0.416 e. The van der Waals surface area contributed by atoms with E-state index >= 15 is 0 Å². The summed E-state index contributed by atoms with van der Waals surface area (Å²) in [5.41, 5.74) is -26.3. The predicted molar refractivity (Wildman–Crippen MR) is 224 cm³/mol. The summed E-state index contributed by atoms with van der Waals surface area (Å²) in [5, 5.41) is 1.29. The number of nitrogens with zero attached hydrogens (tertiary/aromatic N) is 1. The van der Waals surface area contributed by atoms with E-state index in [0.717, 1.165) is 6.54 Å². The Kier molecular flexibility index (Phi) is 15.1. The zero-order valence-electron chi connectivity index (χ0n) is 37.1. The first-order valence-corrected chi connectivity index (χ1v) is 20.9. The van der Waals surface area contributed by atoms with Gasteiger partial charge in [0.1, 0.15) is 6.15 Å². The number of rotatable bonds is 6. The van der Waals surface area contributed by atoms with Crippen molar-refractivity contribution in [3.8, 4) is 0 Å². The van der Waals surface area contributed by atoms with Crippen LogP contribution in [0.4, 0.5) is 105 Å². The molecule has 0 unspecified atom stereocenters. The summed E-state index contributed by atoms with van der Waals surface area (Å²) in [6, 6.07) is 14.7. The van der Waals surface area contributed by atoms with E-state index in [2.05, 4.69) is 78.2 Å². The molecule has 7 aromatic rings. The molecule has 75 heavy (non-hydrogen) atoms. The maximum atomic E-state index is 14.2. The van der Waals surface area contributed by atoms with Gasteiger partial charge in [-0.25, -0.2) is 0 Å². The Morgan fingerprint density at radius 2 is 0.560 bits per heavy atom. The highest BCUT2D eigenvalue weighted by atomic mass is 19.4. The fraction of sp³-hybridized carbons (Fsp3) is 0.204. The molecule has 0 amide bonds. The lowest BCUT2D eigenvalue weighted by Gasteiger charge is -2.46. The monoisotopic (exact) mass is 1100 g/mol. The molecule has 0 fully saturated rings. The average molecular weight is 1100 g/mol. The number of fused-ring (bicyclic) bond motifs is 1. The lowest BCUT2D eigenvalue weighted by Crippen LogP contribution is -2.75. The van der Waals surface area contributed by atoms with Gasteiger partial charge in [0, 0.05) is 30.0 Å². The van der Waals surface area contributed by atoms with Crippen molar-refractivity contribution in [3.05, 3.63) is 195 Å². The van der Waals surface area contributed by atoms with Crippen LogP contribution in [0.1, 0.15) is 55.8 Å². The Bertz CT molecular complexity index is 2750. The van der Waals surface area contributed by atoms with Gasteiger partial charge in [-0.2, -0.15) is 132 Å². The molecule has 7 rings (SSSR count). The van der Waals surface area contributed by atoms with Gasteiger partial charge >= 0.3 is 49.4 Å². The van der Waals surface area contributed by atoms with Gasteiger partial charge in [-0.15, -0.1) is 0 Å². The first-order chi connectivity index (χ1) is 34.1. The number of benzene rings is 6. The molecule has 0 radical (unpaired) electrons. The highest BCUT2D eigenvalue weighted by Gasteiger charge is 2.47. The maximum absolute atomic E-state index is 14.2. The van der Waals surface area contributed by atoms with E-state index in [1.165, 1.54) is 22.2 Å². The molecule has 0 aliphatic carbocycles. The molecule has 1 nitrogen and oxygen atoms in total. The number of hydrogen-bond acceptors (Lipinski definition) is 0. The van der Waals surface area contributed by atoms with Gasteiger partial charge < -0.3 is 0 Å². The SMILES string of the molecule is Cc1ccc2ccccc2[n+]1Cc1ccccc1.FC(F)(F)c1cc([B-](c2cc(C(F)(F)F)cc(C(F)(F)F)c2)(c2cc(C(F)(F)F)cc(C(F)(F)F)c2)c2cc(C(F)(F)F)cc(C(F)(F)F)c2)cc(C(F)(F)F)c1. The van der Waals surface area contributed by atoms with Gasteiger partial charge in [-0.1, -0.05) is 91.0 Å². The molecule has 0 atom stereocenters. The molecule has 400 valence electrons. The third kappa shape index (κ3) is 12.8. The van der Waals surface area contributed by atoms with E-state index in [0.29, 0.717) is 0 Å². The second kappa shape index (κ2) is 19.7. The van der Waals surface area contributed by atoms with Gasteiger partial charge in [0.05, 0.1) is 44.5 Å². The Balaban J connectivity index is 0.000000421. The summed E-state index contributed by atoms with van der Waals surface area (Å²) in [6.45, 7) is 3.09. The normalized spacial score (nSPS) is 13.5. The van der Waals surface area contributed by atoms with Crippen LogP contribution in [0.15, 0.2) is 140 Å². The van der Waals surface area contributed by atoms with Crippen molar-refractivity contribution >= 4 is 38.9 Å². The van der Waals surface area contributed by atoms with E-state index in [1.807, 2.05) is 0 Å². The Morgan fingerprint density at radius 1 is 0.307 bits per heavy atom. The van der Waals surface area contributed by atoms with Crippen LogP contribution in [0.2, 0.25) is 0 Å². The van der Waals surface area contributed by atoms with Gasteiger partial charge in [-0.05, 0) is 36.4 Å². The lowest BCUT2D eigenvalue weighted by molar-refractivity contribution is -0.668. The van der Waals surface area contributed by atoms with Crippen LogP contribution in [-0.2, 0) is 56.0 Å². The Morgan fingerprint density at radius 3 is 0.827 bits per heavy atom. The minimum absolute atomic E-state index is 0.691. The lowest BCUT2D eigenvalue weighted by atomic mass is 9.12. The van der Waals surface area contributed by atoms with Crippen LogP contribution in [0.3, 0.4) is 0 Å². The van der Waals surface area contributed by atoms with Gasteiger partial charge in [0.2, 0.25) is 5.52 Å². The molecule has 6 aromatic carbocycles. The van der Waals surface area contributed by atoms with Crippen molar-refractivity contribution in [2.75, 3.05) is 0 Å². The molecule has 0 aliphatic rings. The maximum Gasteiger partial charge on any atom is 0.416 e. The summed E-state index contributed by atoms with van der Waals surface area (Å²) >= 11 is 0. The smallest absolute Gasteiger partial charge is 0.194 e. The molecule has 0 N–H and O–H groups in total. The van der Waals surface area contributed by atoms with Crippen molar-refractivity contribution in [3.63, 3.8) is 0 Å². The summed E-state index contributed by atoms with van der Waals surface area (Å²) in [4.78, 5) is 0. The molecule has 1 aromatic heterocycles. The molecule has 0 saturated heterocycles. The summed E-state index contributed by atoms with van der Waals surface area (Å²) in [7, 11) is 0. The number of para-hydroxylation sites is 1. The molecule has 0 spiro atoms. The van der Waals surface area contributed by atoms with Crippen molar-refractivity contribution in [1.29, 1.82) is 0 Å². The molecule has 0 aliphatic heterocycles. The third-order valence-electron chi connectivity index (χ3n) is 11.8. The Hall–Kier alpha value is -6.89. The first-order valence-electron chi connectivity index (χ1n) is 20.9. The van der Waals surface area contributed by atoms with Crippen molar-refractivity contribution in [2.45, 2.75) is 62.9 Å². The third-order valence-corrected chi connectivity index (χ3v) is 11.8. The van der Waals surface area contributed by atoms with Gasteiger partial charge in [0.15, 0.2) is 12.2 Å². The minimum atomic E-state index is -6.13. The quantitative estimate of drug-likeness (QED) is 0.0888. The van der Waals surface area contributed by atoms with E-state index in [9.17, 15) is 105 Å². The fourth-order valence-electron chi connectivity index (χ4n) is 8.41. The van der Waals surface area contributed by atoms with Gasteiger partial charge in [-0.3, -0.25) is 0 Å². The highest BCUT2D eigenvalue weighted by molar-refractivity contribution is 7.20. The van der Waals surface area contributed by atoms with E-state index in [-0.39, 0.29) is 0 Å². The zero-order valence-corrected chi connectivity index (χ0v) is 37.1. The second-order valence-corrected chi connectivity index (χ2v) is 16.8. The van der Waals surface area contributed by atoms with Crippen LogP contribution >= 0.6 is 0 Å². The average Bonchev–Trinajstić information content (AvgIpc) is 3.28. The molecule has 0 bridgehead atoms. The fourth-order valence-corrected chi connectivity index (χ4v) is 8.41. The zero-order chi connectivity index (χ0) is 56.3. The van der Waals surface area contributed by atoms with E-state index < -0.39 is 195 Å². The summed E-state index contributed by atoms with van der Waals surface area (Å²) in [6.07, 6.45) is -54.8. The van der Waals surface area contributed by atoms with Crippen molar-refractivity contribution in [2.24, 2.45) is 0 Å². The molecular weight excluding hydrogens is 1070 g/mol. The number of alkyl halides is 24. The van der Waals surface area contributed by atoms with Crippen LogP contribution in [0.5, 0.6) is 0 Å².